The number of fused-ring (bicyclic) bond motifs is 1. The molecule has 2 rings (SSSR count). The minimum Gasteiger partial charge on any atom is -0.499 e. The maximum Gasteiger partial charge on any atom is 0.230 e. The van der Waals surface area contributed by atoms with Crippen molar-refractivity contribution in [3.8, 4) is 0 Å². The van der Waals surface area contributed by atoms with E-state index in [1.807, 2.05) is 6.20 Å². The molecule has 1 saturated heterocycles. The summed E-state index contributed by atoms with van der Waals surface area (Å²) in [5, 5.41) is 0.390. The number of carbonyl (C=O) groups excluding carboxylic acids is 1. The smallest absolute Gasteiger partial charge is 0.230 e. The average molecular weight is 171 g/mol. The standard InChI is InChI=1S/C7H9NO2S/c1-10-5-3-8-6(9)2-7(8)11-4-5/h3,7H,2,4H2,1H3/t7-/m1/s1. The van der Waals surface area contributed by atoms with Crippen molar-refractivity contribution in [3.63, 3.8) is 0 Å². The SMILES string of the molecule is COC1=CN2C(=O)C[C@H]2SC1. The van der Waals surface area contributed by atoms with Gasteiger partial charge in [-0.05, 0) is 0 Å². The van der Waals surface area contributed by atoms with Crippen molar-refractivity contribution in [3.05, 3.63) is 12.0 Å². The van der Waals surface area contributed by atoms with Gasteiger partial charge in [-0.15, -0.1) is 11.8 Å². The Morgan fingerprint density at radius 1 is 1.82 bits per heavy atom. The van der Waals surface area contributed by atoms with Crippen LogP contribution in [0.3, 0.4) is 0 Å². The van der Waals surface area contributed by atoms with E-state index in [0.717, 1.165) is 11.5 Å². The summed E-state index contributed by atoms with van der Waals surface area (Å²) in [7, 11) is 1.64. The van der Waals surface area contributed by atoms with Crippen LogP contribution in [0.5, 0.6) is 0 Å². The number of ether oxygens (including phenoxy) is 1. The van der Waals surface area contributed by atoms with Gasteiger partial charge in [-0.3, -0.25) is 4.79 Å². The minimum atomic E-state index is 0.205. The second-order valence-electron chi connectivity index (χ2n) is 2.57. The number of hydrogen-bond donors (Lipinski definition) is 0. The molecule has 2 heterocycles. The molecule has 11 heavy (non-hydrogen) atoms. The van der Waals surface area contributed by atoms with E-state index in [1.54, 1.807) is 23.8 Å². The second kappa shape index (κ2) is 2.44. The van der Waals surface area contributed by atoms with Gasteiger partial charge in [-0.25, -0.2) is 0 Å². The van der Waals surface area contributed by atoms with E-state index in [2.05, 4.69) is 0 Å². The monoisotopic (exact) mass is 171 g/mol. The molecule has 0 aliphatic carbocycles. The molecule has 0 saturated carbocycles. The number of β-lactam (4-membered cyclic amide) rings is 1. The molecule has 0 unspecified atom stereocenters. The highest BCUT2D eigenvalue weighted by atomic mass is 32.2. The first-order valence-electron chi connectivity index (χ1n) is 3.48. The lowest BCUT2D eigenvalue weighted by atomic mass is 10.2. The van der Waals surface area contributed by atoms with Crippen molar-refractivity contribution >= 4 is 17.7 Å². The van der Waals surface area contributed by atoms with Crippen LogP contribution in [0.2, 0.25) is 0 Å². The third kappa shape index (κ3) is 1.01. The van der Waals surface area contributed by atoms with Gasteiger partial charge >= 0.3 is 0 Å². The third-order valence-electron chi connectivity index (χ3n) is 1.91. The summed E-state index contributed by atoms with van der Waals surface area (Å²) >= 11 is 1.76. The molecule has 0 radical (unpaired) electrons. The molecule has 60 valence electrons. The average Bonchev–Trinajstić information content (AvgIpc) is 2.03. The summed E-state index contributed by atoms with van der Waals surface area (Å²) in [6, 6.07) is 0. The summed E-state index contributed by atoms with van der Waals surface area (Å²) in [6.07, 6.45) is 2.51. The molecule has 0 bridgehead atoms. The van der Waals surface area contributed by atoms with Crippen LogP contribution in [-0.2, 0) is 9.53 Å². The van der Waals surface area contributed by atoms with Gasteiger partial charge in [0.05, 0.1) is 24.7 Å². The van der Waals surface area contributed by atoms with E-state index < -0.39 is 0 Å². The van der Waals surface area contributed by atoms with E-state index >= 15 is 0 Å². The van der Waals surface area contributed by atoms with E-state index in [0.29, 0.717) is 11.8 Å². The molecule has 3 nitrogen and oxygen atoms in total. The molecule has 1 amide bonds. The number of methoxy groups -OCH3 is 1. The lowest BCUT2D eigenvalue weighted by molar-refractivity contribution is -0.137. The summed E-state index contributed by atoms with van der Waals surface area (Å²) in [4.78, 5) is 12.7. The number of amides is 1. The van der Waals surface area contributed by atoms with Crippen LogP contribution in [0, 0.1) is 0 Å². The van der Waals surface area contributed by atoms with Crippen LogP contribution in [0.4, 0.5) is 0 Å². The highest BCUT2D eigenvalue weighted by Gasteiger charge is 2.38. The highest BCUT2D eigenvalue weighted by molar-refractivity contribution is 8.00. The summed E-state index contributed by atoms with van der Waals surface area (Å²) < 4.78 is 5.04. The van der Waals surface area contributed by atoms with Crippen molar-refractivity contribution in [2.75, 3.05) is 12.9 Å². The maximum absolute atomic E-state index is 10.9. The Bertz CT molecular complexity index is 226. The zero-order chi connectivity index (χ0) is 7.84. The van der Waals surface area contributed by atoms with Crippen LogP contribution in [0.1, 0.15) is 6.42 Å². The van der Waals surface area contributed by atoms with Crippen LogP contribution >= 0.6 is 11.8 Å². The molecule has 0 spiro atoms. The van der Waals surface area contributed by atoms with Gasteiger partial charge in [0.1, 0.15) is 5.76 Å². The van der Waals surface area contributed by atoms with Crippen molar-refractivity contribution in [2.45, 2.75) is 11.8 Å². The molecule has 0 aromatic heterocycles. The number of nitrogens with zero attached hydrogens (tertiary/aromatic N) is 1. The predicted octanol–water partition coefficient (Wildman–Crippen LogP) is 0.779. The van der Waals surface area contributed by atoms with Gasteiger partial charge in [0.25, 0.3) is 0 Å². The predicted molar refractivity (Wildman–Crippen MR) is 42.8 cm³/mol. The summed E-state index contributed by atoms with van der Waals surface area (Å²) in [5.74, 6) is 1.99. The zero-order valence-electron chi connectivity index (χ0n) is 6.24. The molecule has 1 atom stereocenters. The van der Waals surface area contributed by atoms with E-state index in [9.17, 15) is 4.79 Å². The van der Waals surface area contributed by atoms with E-state index in [-0.39, 0.29) is 5.91 Å². The lowest BCUT2D eigenvalue weighted by Crippen LogP contribution is -2.49. The maximum atomic E-state index is 10.9. The van der Waals surface area contributed by atoms with Gasteiger partial charge in [0.15, 0.2) is 0 Å². The normalized spacial score (nSPS) is 28.8. The van der Waals surface area contributed by atoms with E-state index in [4.69, 9.17) is 4.74 Å². The Balaban J connectivity index is 2.13. The van der Waals surface area contributed by atoms with Gasteiger partial charge in [0, 0.05) is 6.20 Å². The molecule has 2 aliphatic rings. The molecule has 2 aliphatic heterocycles. The van der Waals surface area contributed by atoms with Crippen molar-refractivity contribution in [1.29, 1.82) is 0 Å². The fourth-order valence-corrected chi connectivity index (χ4v) is 2.33. The van der Waals surface area contributed by atoms with Crippen LogP contribution in [0.15, 0.2) is 12.0 Å². The van der Waals surface area contributed by atoms with Crippen molar-refractivity contribution in [2.24, 2.45) is 0 Å². The molecule has 0 aromatic carbocycles. The molecule has 0 N–H and O–H groups in total. The Kier molecular flexibility index (Phi) is 1.56. The second-order valence-corrected chi connectivity index (χ2v) is 3.74. The van der Waals surface area contributed by atoms with Gasteiger partial charge in [-0.1, -0.05) is 0 Å². The van der Waals surface area contributed by atoms with Gasteiger partial charge < -0.3 is 9.64 Å². The molecular formula is C7H9NO2S. The topological polar surface area (TPSA) is 29.5 Å². The van der Waals surface area contributed by atoms with Gasteiger partial charge in [-0.2, -0.15) is 0 Å². The molecule has 0 aromatic rings. The molecule has 1 fully saturated rings. The minimum absolute atomic E-state index is 0.205. The fraction of sp³-hybridized carbons (Fsp3) is 0.571. The first-order valence-corrected chi connectivity index (χ1v) is 4.53. The Labute approximate surface area is 69.4 Å². The first kappa shape index (κ1) is 7.03. The first-order chi connectivity index (χ1) is 5.31. The van der Waals surface area contributed by atoms with Crippen LogP contribution in [0.25, 0.3) is 0 Å². The van der Waals surface area contributed by atoms with E-state index in [1.165, 1.54) is 0 Å². The highest BCUT2D eigenvalue weighted by Crippen LogP contribution is 2.35. The van der Waals surface area contributed by atoms with Crippen molar-refractivity contribution in [1.82, 2.24) is 4.90 Å². The number of carbonyl (C=O) groups is 1. The summed E-state index contributed by atoms with van der Waals surface area (Å²) in [5.41, 5.74) is 0. The Morgan fingerprint density at radius 2 is 2.64 bits per heavy atom. The lowest BCUT2D eigenvalue weighted by Gasteiger charge is -2.40. The molecular weight excluding hydrogens is 162 g/mol. The number of rotatable bonds is 1. The number of hydrogen-bond acceptors (Lipinski definition) is 3. The Hall–Kier alpha value is -0.640. The van der Waals surface area contributed by atoms with Crippen LogP contribution < -0.4 is 0 Å². The molecule has 4 heteroatoms. The summed E-state index contributed by atoms with van der Waals surface area (Å²) in [6.45, 7) is 0. The number of thioether (sulfide) groups is 1. The Morgan fingerprint density at radius 3 is 3.27 bits per heavy atom. The third-order valence-corrected chi connectivity index (χ3v) is 3.14. The zero-order valence-corrected chi connectivity index (χ0v) is 7.06. The quantitative estimate of drug-likeness (QED) is 0.546. The van der Waals surface area contributed by atoms with Crippen LogP contribution in [-0.4, -0.2) is 29.0 Å². The fourth-order valence-electron chi connectivity index (χ4n) is 1.18. The largest absolute Gasteiger partial charge is 0.499 e. The van der Waals surface area contributed by atoms with Crippen molar-refractivity contribution < 1.29 is 9.53 Å². The van der Waals surface area contributed by atoms with Gasteiger partial charge in [0.2, 0.25) is 5.91 Å².